The van der Waals surface area contributed by atoms with Gasteiger partial charge in [-0.25, -0.2) is 4.39 Å². The van der Waals surface area contributed by atoms with E-state index < -0.39 is 5.97 Å². The van der Waals surface area contributed by atoms with Crippen LogP contribution in [-0.4, -0.2) is 16.3 Å². The van der Waals surface area contributed by atoms with E-state index >= 15 is 0 Å². The molecule has 0 heterocycles. The number of carbonyl (C=O) groups is 1. The monoisotopic (exact) mass is 226 g/mol. The smallest absolute Gasteiger partial charge is 0.307 e. The summed E-state index contributed by atoms with van der Waals surface area (Å²) in [5.74, 6) is -1.22. The van der Waals surface area contributed by atoms with Crippen LogP contribution in [0.5, 0.6) is 0 Å². The first-order valence-electron chi connectivity index (χ1n) is 4.82. The molecule has 1 N–H and O–H groups in total. The minimum absolute atomic E-state index is 0.146. The van der Waals surface area contributed by atoms with Gasteiger partial charge in [-0.3, -0.25) is 4.79 Å². The van der Waals surface area contributed by atoms with Gasteiger partial charge in [0, 0.05) is 10.1 Å². The van der Waals surface area contributed by atoms with Crippen LogP contribution in [0.25, 0.3) is 0 Å². The van der Waals surface area contributed by atoms with Crippen LogP contribution >= 0.6 is 11.8 Å². The van der Waals surface area contributed by atoms with E-state index in [2.05, 4.69) is 0 Å². The van der Waals surface area contributed by atoms with E-state index in [4.69, 9.17) is 5.11 Å². The molecule has 1 aliphatic rings. The van der Waals surface area contributed by atoms with Crippen molar-refractivity contribution in [2.45, 2.75) is 23.0 Å². The Kier molecular flexibility index (Phi) is 2.95. The fraction of sp³-hybridized carbons (Fsp3) is 0.364. The third-order valence-corrected chi connectivity index (χ3v) is 4.04. The third kappa shape index (κ3) is 2.31. The summed E-state index contributed by atoms with van der Waals surface area (Å²) >= 11 is 1.53. The molecule has 4 heteroatoms. The lowest BCUT2D eigenvalue weighted by atomic mass is 9.85. The van der Waals surface area contributed by atoms with Gasteiger partial charge in [0.1, 0.15) is 5.82 Å². The van der Waals surface area contributed by atoms with Crippen molar-refractivity contribution in [2.24, 2.45) is 5.92 Å². The second-order valence-electron chi connectivity index (χ2n) is 3.63. The van der Waals surface area contributed by atoms with E-state index in [1.807, 2.05) is 0 Å². The van der Waals surface area contributed by atoms with Gasteiger partial charge < -0.3 is 5.11 Å². The van der Waals surface area contributed by atoms with Gasteiger partial charge in [-0.1, -0.05) is 0 Å². The molecule has 2 nitrogen and oxygen atoms in total. The summed E-state index contributed by atoms with van der Waals surface area (Å²) in [5, 5.41) is 9.00. The molecule has 1 aromatic rings. The van der Waals surface area contributed by atoms with Gasteiger partial charge in [0.25, 0.3) is 0 Å². The first kappa shape index (κ1) is 10.5. The maximum atomic E-state index is 12.6. The molecule has 0 aliphatic heterocycles. The molecule has 15 heavy (non-hydrogen) atoms. The number of rotatable bonds is 3. The van der Waals surface area contributed by atoms with Crippen LogP contribution in [0.1, 0.15) is 12.8 Å². The van der Waals surface area contributed by atoms with Gasteiger partial charge in [0.15, 0.2) is 0 Å². The summed E-state index contributed by atoms with van der Waals surface area (Å²) in [6.07, 6.45) is 1.69. The highest BCUT2D eigenvalue weighted by molar-refractivity contribution is 8.00. The van der Waals surface area contributed by atoms with Crippen molar-refractivity contribution in [1.82, 2.24) is 0 Å². The van der Waals surface area contributed by atoms with Crippen LogP contribution in [0.3, 0.4) is 0 Å². The third-order valence-electron chi connectivity index (χ3n) is 2.63. The van der Waals surface area contributed by atoms with E-state index in [1.165, 1.54) is 23.9 Å². The first-order chi connectivity index (χ1) is 7.16. The van der Waals surface area contributed by atoms with Crippen molar-refractivity contribution >= 4 is 17.7 Å². The average Bonchev–Trinajstić information content (AvgIpc) is 2.14. The van der Waals surface area contributed by atoms with Crippen molar-refractivity contribution in [3.05, 3.63) is 30.1 Å². The molecule has 1 aromatic carbocycles. The maximum Gasteiger partial charge on any atom is 0.307 e. The van der Waals surface area contributed by atoms with Crippen molar-refractivity contribution in [3.8, 4) is 0 Å². The Morgan fingerprint density at radius 2 is 2.00 bits per heavy atom. The molecule has 1 aliphatic carbocycles. The predicted molar refractivity (Wildman–Crippen MR) is 56.4 cm³/mol. The molecule has 2 rings (SSSR count). The van der Waals surface area contributed by atoms with Crippen LogP contribution < -0.4 is 0 Å². The molecule has 0 amide bonds. The van der Waals surface area contributed by atoms with Gasteiger partial charge in [-0.15, -0.1) is 11.8 Å². The van der Waals surface area contributed by atoms with Gasteiger partial charge >= 0.3 is 5.97 Å². The Morgan fingerprint density at radius 3 is 2.47 bits per heavy atom. The molecule has 2 unspecified atom stereocenters. The average molecular weight is 226 g/mol. The fourth-order valence-electron chi connectivity index (χ4n) is 1.58. The summed E-state index contributed by atoms with van der Waals surface area (Å²) in [6, 6.07) is 6.18. The number of hydrogen-bond acceptors (Lipinski definition) is 2. The molecule has 1 fully saturated rings. The number of hydrogen-bond donors (Lipinski definition) is 1. The van der Waals surface area contributed by atoms with Gasteiger partial charge in [-0.2, -0.15) is 0 Å². The highest BCUT2D eigenvalue weighted by Gasteiger charge is 2.37. The van der Waals surface area contributed by atoms with Crippen molar-refractivity contribution in [2.75, 3.05) is 0 Å². The number of thioether (sulfide) groups is 1. The molecule has 0 spiro atoms. The lowest BCUT2D eigenvalue weighted by Gasteiger charge is -2.32. The van der Waals surface area contributed by atoms with Gasteiger partial charge in [0.05, 0.1) is 5.92 Å². The van der Waals surface area contributed by atoms with Crippen molar-refractivity contribution in [3.63, 3.8) is 0 Å². The SMILES string of the molecule is O=C(O)C1CCC1Sc1ccc(F)cc1. The van der Waals surface area contributed by atoms with E-state index in [9.17, 15) is 9.18 Å². The second-order valence-corrected chi connectivity index (χ2v) is 4.94. The predicted octanol–water partition coefficient (Wildman–Crippen LogP) is 2.78. The summed E-state index contributed by atoms with van der Waals surface area (Å²) in [5.41, 5.74) is 0. The summed E-state index contributed by atoms with van der Waals surface area (Å²) in [4.78, 5) is 11.7. The first-order valence-corrected chi connectivity index (χ1v) is 5.70. The summed E-state index contributed by atoms with van der Waals surface area (Å²) in [6.45, 7) is 0. The Balaban J connectivity index is 1.97. The number of halogens is 1. The van der Waals surface area contributed by atoms with Crippen LogP contribution in [0, 0.1) is 11.7 Å². The molecule has 1 saturated carbocycles. The minimum atomic E-state index is -0.721. The molecule has 0 aromatic heterocycles. The zero-order valence-electron chi connectivity index (χ0n) is 8.02. The van der Waals surface area contributed by atoms with Crippen LogP contribution in [-0.2, 0) is 4.79 Å². The maximum absolute atomic E-state index is 12.6. The topological polar surface area (TPSA) is 37.3 Å². The van der Waals surface area contributed by atoms with Crippen molar-refractivity contribution in [1.29, 1.82) is 0 Å². The molecule has 2 atom stereocenters. The summed E-state index contributed by atoms with van der Waals surface area (Å²) in [7, 11) is 0. The zero-order chi connectivity index (χ0) is 10.8. The van der Waals surface area contributed by atoms with Crippen molar-refractivity contribution < 1.29 is 14.3 Å². The molecule has 0 bridgehead atoms. The minimum Gasteiger partial charge on any atom is -0.481 e. The molecular formula is C11H11FO2S. The Hall–Kier alpha value is -1.03. The summed E-state index contributed by atoms with van der Waals surface area (Å²) < 4.78 is 12.6. The van der Waals surface area contributed by atoms with E-state index in [1.54, 1.807) is 12.1 Å². The lowest BCUT2D eigenvalue weighted by Crippen LogP contribution is -2.35. The van der Waals surface area contributed by atoms with Crippen LogP contribution in [0.15, 0.2) is 29.2 Å². The Labute approximate surface area is 91.5 Å². The van der Waals surface area contributed by atoms with E-state index in [0.717, 1.165) is 17.7 Å². The quantitative estimate of drug-likeness (QED) is 0.861. The highest BCUT2D eigenvalue weighted by Crippen LogP contribution is 2.41. The lowest BCUT2D eigenvalue weighted by molar-refractivity contribution is -0.144. The molecule has 0 radical (unpaired) electrons. The number of benzene rings is 1. The second kappa shape index (κ2) is 4.23. The van der Waals surface area contributed by atoms with Gasteiger partial charge in [0.2, 0.25) is 0 Å². The molecule has 80 valence electrons. The number of aliphatic carboxylic acids is 1. The van der Waals surface area contributed by atoms with Gasteiger partial charge in [-0.05, 0) is 37.1 Å². The zero-order valence-corrected chi connectivity index (χ0v) is 8.84. The standard InChI is InChI=1S/C11H11FO2S/c12-7-1-3-8(4-2-7)15-10-6-5-9(10)11(13)14/h1-4,9-10H,5-6H2,(H,13,14). The number of carboxylic acids is 1. The normalized spacial score (nSPS) is 24.6. The van der Waals surface area contributed by atoms with Crippen LogP contribution in [0.2, 0.25) is 0 Å². The fourth-order valence-corrected chi connectivity index (χ4v) is 2.89. The Bertz CT molecular complexity index is 363. The van der Waals surface area contributed by atoms with Crippen LogP contribution in [0.4, 0.5) is 4.39 Å². The highest BCUT2D eigenvalue weighted by atomic mass is 32.2. The van der Waals surface area contributed by atoms with E-state index in [-0.39, 0.29) is 17.0 Å². The van der Waals surface area contributed by atoms with E-state index in [0.29, 0.717) is 0 Å². The largest absolute Gasteiger partial charge is 0.481 e. The molecular weight excluding hydrogens is 215 g/mol. The molecule has 0 saturated heterocycles. The Morgan fingerprint density at radius 1 is 1.33 bits per heavy atom. The number of carboxylic acid groups (broad SMARTS) is 1.